The Balaban J connectivity index is 1.48. The van der Waals surface area contributed by atoms with Crippen LogP contribution in [0, 0.1) is 5.82 Å². The maximum absolute atomic E-state index is 13.3. The summed E-state index contributed by atoms with van der Waals surface area (Å²) < 4.78 is 24.4. The van der Waals surface area contributed by atoms with E-state index in [4.69, 9.17) is 9.47 Å². The quantitative estimate of drug-likeness (QED) is 0.618. The molecule has 2 amide bonds. The minimum atomic E-state index is -0.397. The van der Waals surface area contributed by atoms with E-state index < -0.39 is 5.82 Å². The van der Waals surface area contributed by atoms with E-state index in [2.05, 4.69) is 5.32 Å². The largest absolute Gasteiger partial charge is 0.493 e. The number of piperazine rings is 1. The highest BCUT2D eigenvalue weighted by Gasteiger charge is 2.21. The van der Waals surface area contributed by atoms with Crippen LogP contribution in [0.3, 0.4) is 0 Å². The summed E-state index contributed by atoms with van der Waals surface area (Å²) in [6.45, 7) is 6.32. The van der Waals surface area contributed by atoms with Crippen molar-refractivity contribution in [2.75, 3.05) is 45.2 Å². The number of methoxy groups -OCH3 is 1. The molecule has 33 heavy (non-hydrogen) atoms. The molecule has 0 aromatic heterocycles. The number of anilines is 1. The van der Waals surface area contributed by atoms with Crippen LogP contribution < -0.4 is 14.8 Å². The number of hydrogen-bond acceptors (Lipinski definition) is 5. The molecule has 2 aromatic carbocycles. The topological polar surface area (TPSA) is 71.1 Å². The monoisotopic (exact) mass is 455 g/mol. The average Bonchev–Trinajstić information content (AvgIpc) is 2.78. The van der Waals surface area contributed by atoms with E-state index in [0.717, 1.165) is 5.56 Å². The van der Waals surface area contributed by atoms with Crippen LogP contribution in [0.1, 0.15) is 19.4 Å². The summed E-state index contributed by atoms with van der Waals surface area (Å²) >= 11 is 0. The van der Waals surface area contributed by atoms with Crippen LogP contribution in [0.5, 0.6) is 11.5 Å². The molecule has 1 saturated heterocycles. The normalized spacial score (nSPS) is 14.5. The highest BCUT2D eigenvalue weighted by Crippen LogP contribution is 2.29. The molecule has 7 nitrogen and oxygen atoms in total. The number of nitrogens with one attached hydrogen (secondary N) is 1. The predicted molar refractivity (Wildman–Crippen MR) is 126 cm³/mol. The summed E-state index contributed by atoms with van der Waals surface area (Å²) in [6, 6.07) is 11.3. The second-order valence-electron chi connectivity index (χ2n) is 8.07. The molecule has 0 saturated carbocycles. The summed E-state index contributed by atoms with van der Waals surface area (Å²) in [5, 5.41) is 2.69. The zero-order valence-corrected chi connectivity index (χ0v) is 19.2. The van der Waals surface area contributed by atoms with Crippen molar-refractivity contribution < 1.29 is 23.5 Å². The third-order valence-corrected chi connectivity index (χ3v) is 5.13. The van der Waals surface area contributed by atoms with Gasteiger partial charge in [-0.2, -0.15) is 0 Å². The average molecular weight is 456 g/mol. The van der Waals surface area contributed by atoms with Gasteiger partial charge in [0.25, 0.3) is 0 Å². The van der Waals surface area contributed by atoms with Gasteiger partial charge in [0.05, 0.1) is 19.8 Å². The Hall–Kier alpha value is -3.39. The number of rotatable bonds is 8. The van der Waals surface area contributed by atoms with Crippen LogP contribution in [-0.4, -0.2) is 67.6 Å². The summed E-state index contributed by atoms with van der Waals surface area (Å²) in [7, 11) is 1.58. The number of carbonyl (C=O) groups excluding carboxylic acids is 2. The molecule has 1 fully saturated rings. The van der Waals surface area contributed by atoms with Crippen molar-refractivity contribution in [3.8, 4) is 11.5 Å². The van der Waals surface area contributed by atoms with Crippen molar-refractivity contribution >= 4 is 23.6 Å². The standard InChI is InChI=1S/C25H30FN3O4/c1-18(2)33-22-9-7-19(15-23(22)32-3)8-10-25(31)29-13-11-28(12-14-29)17-24(30)27-21-6-4-5-20(26)16-21/h4-10,15-16,18H,11-14,17H2,1-3H3,(H,27,30)/b10-8+. The van der Waals surface area contributed by atoms with Crippen molar-refractivity contribution in [3.63, 3.8) is 0 Å². The Morgan fingerprint density at radius 3 is 2.52 bits per heavy atom. The van der Waals surface area contributed by atoms with Crippen LogP contribution >= 0.6 is 0 Å². The zero-order valence-electron chi connectivity index (χ0n) is 19.2. The van der Waals surface area contributed by atoms with E-state index in [1.165, 1.54) is 12.1 Å². The molecule has 0 unspecified atom stereocenters. The fourth-order valence-corrected chi connectivity index (χ4v) is 3.51. The van der Waals surface area contributed by atoms with Gasteiger partial charge in [0, 0.05) is 37.9 Å². The van der Waals surface area contributed by atoms with E-state index >= 15 is 0 Å². The maximum atomic E-state index is 13.3. The lowest BCUT2D eigenvalue weighted by atomic mass is 10.1. The highest BCUT2D eigenvalue weighted by atomic mass is 19.1. The van der Waals surface area contributed by atoms with Gasteiger partial charge in [-0.3, -0.25) is 14.5 Å². The van der Waals surface area contributed by atoms with Gasteiger partial charge in [0.2, 0.25) is 11.8 Å². The summed E-state index contributed by atoms with van der Waals surface area (Å²) in [5.74, 6) is 0.586. The zero-order chi connectivity index (χ0) is 23.8. The van der Waals surface area contributed by atoms with Crippen molar-refractivity contribution in [3.05, 3.63) is 59.9 Å². The molecule has 0 aliphatic carbocycles. The van der Waals surface area contributed by atoms with Gasteiger partial charge in [-0.25, -0.2) is 4.39 Å². The Labute approximate surface area is 193 Å². The van der Waals surface area contributed by atoms with Gasteiger partial charge in [-0.05, 0) is 55.8 Å². The van der Waals surface area contributed by atoms with Crippen LogP contribution in [0.2, 0.25) is 0 Å². The van der Waals surface area contributed by atoms with Crippen LogP contribution in [0.25, 0.3) is 6.08 Å². The molecule has 1 heterocycles. The molecule has 2 aromatic rings. The molecule has 0 bridgehead atoms. The Morgan fingerprint density at radius 2 is 1.85 bits per heavy atom. The maximum Gasteiger partial charge on any atom is 0.246 e. The molecule has 1 aliphatic heterocycles. The number of benzene rings is 2. The minimum Gasteiger partial charge on any atom is -0.493 e. The lowest BCUT2D eigenvalue weighted by Gasteiger charge is -2.33. The van der Waals surface area contributed by atoms with Crippen molar-refractivity contribution in [2.24, 2.45) is 0 Å². The summed E-state index contributed by atoms with van der Waals surface area (Å²) in [4.78, 5) is 28.5. The molecule has 3 rings (SSSR count). The first-order valence-electron chi connectivity index (χ1n) is 10.9. The number of amides is 2. The van der Waals surface area contributed by atoms with Crippen LogP contribution in [-0.2, 0) is 9.59 Å². The van der Waals surface area contributed by atoms with Gasteiger partial charge >= 0.3 is 0 Å². The number of ether oxygens (including phenoxy) is 2. The lowest BCUT2D eigenvalue weighted by molar-refractivity contribution is -0.127. The van der Waals surface area contributed by atoms with E-state index in [1.807, 2.05) is 36.9 Å². The summed E-state index contributed by atoms with van der Waals surface area (Å²) in [6.07, 6.45) is 3.33. The fraction of sp³-hybridized carbons (Fsp3) is 0.360. The summed E-state index contributed by atoms with van der Waals surface area (Å²) in [5.41, 5.74) is 1.27. The van der Waals surface area contributed by atoms with Crippen molar-refractivity contribution in [2.45, 2.75) is 20.0 Å². The van der Waals surface area contributed by atoms with Crippen molar-refractivity contribution in [1.29, 1.82) is 0 Å². The molecule has 1 N–H and O–H groups in total. The number of nitrogens with zero attached hydrogens (tertiary/aromatic N) is 2. The molecule has 0 atom stereocenters. The smallest absolute Gasteiger partial charge is 0.246 e. The molecule has 1 aliphatic rings. The van der Waals surface area contributed by atoms with Crippen LogP contribution in [0.4, 0.5) is 10.1 Å². The lowest BCUT2D eigenvalue weighted by Crippen LogP contribution is -2.50. The van der Waals surface area contributed by atoms with Gasteiger partial charge in [0.15, 0.2) is 11.5 Å². The molecular formula is C25H30FN3O4. The number of carbonyl (C=O) groups is 2. The Morgan fingerprint density at radius 1 is 1.09 bits per heavy atom. The first-order chi connectivity index (χ1) is 15.8. The van der Waals surface area contributed by atoms with Gasteiger partial charge in [-0.15, -0.1) is 0 Å². The third-order valence-electron chi connectivity index (χ3n) is 5.13. The van der Waals surface area contributed by atoms with E-state index in [9.17, 15) is 14.0 Å². The molecule has 0 spiro atoms. The molecule has 0 radical (unpaired) electrons. The minimum absolute atomic E-state index is 0.0351. The molecular weight excluding hydrogens is 425 g/mol. The van der Waals surface area contributed by atoms with E-state index in [1.54, 1.807) is 36.3 Å². The first-order valence-corrected chi connectivity index (χ1v) is 10.9. The SMILES string of the molecule is COc1cc(/C=C/C(=O)N2CCN(CC(=O)Nc3cccc(F)c3)CC2)ccc1OC(C)C. The Kier molecular flexibility index (Phi) is 8.43. The number of hydrogen-bond donors (Lipinski definition) is 1. The predicted octanol–water partition coefficient (Wildman–Crippen LogP) is 3.42. The van der Waals surface area contributed by atoms with Crippen molar-refractivity contribution in [1.82, 2.24) is 9.80 Å². The van der Waals surface area contributed by atoms with E-state index in [0.29, 0.717) is 43.4 Å². The van der Waals surface area contributed by atoms with Gasteiger partial charge in [-0.1, -0.05) is 12.1 Å². The van der Waals surface area contributed by atoms with Gasteiger partial charge < -0.3 is 19.7 Å². The molecule has 8 heteroatoms. The highest BCUT2D eigenvalue weighted by molar-refractivity contribution is 5.93. The second-order valence-corrected chi connectivity index (χ2v) is 8.07. The Bertz CT molecular complexity index is 1000. The van der Waals surface area contributed by atoms with Crippen LogP contribution in [0.15, 0.2) is 48.5 Å². The third kappa shape index (κ3) is 7.32. The first kappa shape index (κ1) is 24.3. The second kappa shape index (κ2) is 11.5. The van der Waals surface area contributed by atoms with E-state index in [-0.39, 0.29) is 24.5 Å². The number of halogens is 1. The fourth-order valence-electron chi connectivity index (χ4n) is 3.51. The molecule has 176 valence electrons. The van der Waals surface area contributed by atoms with Gasteiger partial charge in [0.1, 0.15) is 5.82 Å².